The van der Waals surface area contributed by atoms with Crippen LogP contribution in [-0.4, -0.2) is 56.4 Å². The Hall–Kier alpha value is -1.41. The Balaban J connectivity index is 1.62. The van der Waals surface area contributed by atoms with Crippen LogP contribution in [0.25, 0.3) is 0 Å². The number of esters is 1. The highest BCUT2D eigenvalue weighted by atomic mass is 16.7. The molecule has 7 nitrogen and oxygen atoms in total. The Morgan fingerprint density at radius 2 is 2.10 bits per heavy atom. The minimum absolute atomic E-state index is 0.0846. The number of rotatable bonds is 17. The van der Waals surface area contributed by atoms with Gasteiger partial charge in [-0.1, -0.05) is 19.3 Å². The molecule has 0 spiro atoms. The molecule has 1 saturated heterocycles. The average molecular weight is 440 g/mol. The molecule has 0 saturated carbocycles. The zero-order valence-corrected chi connectivity index (χ0v) is 19.1. The number of aliphatic hydroxyl groups is 1. The van der Waals surface area contributed by atoms with Crippen LogP contribution >= 0.6 is 0 Å². The summed E-state index contributed by atoms with van der Waals surface area (Å²) < 4.78 is 21.5. The third-order valence-electron chi connectivity index (χ3n) is 5.79. The number of carbonyl (C=O) groups is 1. The molecule has 1 aliphatic heterocycles. The summed E-state index contributed by atoms with van der Waals surface area (Å²) in [7, 11) is 1.43. The zero-order valence-electron chi connectivity index (χ0n) is 19.1. The van der Waals surface area contributed by atoms with Crippen LogP contribution < -0.4 is 5.32 Å². The van der Waals surface area contributed by atoms with Gasteiger partial charge in [0.25, 0.3) is 0 Å². The highest BCUT2D eigenvalue weighted by Gasteiger charge is 2.17. The van der Waals surface area contributed by atoms with E-state index in [2.05, 4.69) is 10.1 Å². The monoisotopic (exact) mass is 439 g/mol. The molecule has 0 radical (unpaired) electrons. The van der Waals surface area contributed by atoms with E-state index in [1.807, 2.05) is 6.07 Å². The van der Waals surface area contributed by atoms with E-state index >= 15 is 0 Å². The number of carbonyl (C=O) groups excluding carboxylic acids is 1. The van der Waals surface area contributed by atoms with Crippen LogP contribution in [0.3, 0.4) is 0 Å². The van der Waals surface area contributed by atoms with Crippen LogP contribution in [0.2, 0.25) is 0 Å². The van der Waals surface area contributed by atoms with Gasteiger partial charge in [0.2, 0.25) is 0 Å². The number of unbranched alkanes of at least 4 members (excludes halogenated alkanes) is 3. The SMILES string of the molecule is COC(=O)CCCCCCC(COC1CCCCO1)NCCC(O)CCc1ccoc1. The summed E-state index contributed by atoms with van der Waals surface area (Å²) in [5.41, 5.74) is 1.12. The van der Waals surface area contributed by atoms with Crippen molar-refractivity contribution in [3.63, 3.8) is 0 Å². The van der Waals surface area contributed by atoms with Gasteiger partial charge in [0.15, 0.2) is 6.29 Å². The van der Waals surface area contributed by atoms with Gasteiger partial charge < -0.3 is 29.1 Å². The molecular weight excluding hydrogens is 398 g/mol. The fourth-order valence-corrected chi connectivity index (χ4v) is 3.79. The number of hydrogen-bond acceptors (Lipinski definition) is 7. The summed E-state index contributed by atoms with van der Waals surface area (Å²) in [6.45, 7) is 2.16. The van der Waals surface area contributed by atoms with Crippen molar-refractivity contribution in [1.29, 1.82) is 0 Å². The van der Waals surface area contributed by atoms with Crippen molar-refractivity contribution in [2.24, 2.45) is 0 Å². The zero-order chi connectivity index (χ0) is 22.2. The number of ether oxygens (including phenoxy) is 3. The molecule has 0 amide bonds. The lowest BCUT2D eigenvalue weighted by atomic mass is 10.1. The standard InChI is InChI=1S/C24H41NO6/c1-28-23(27)9-5-3-2-4-8-21(19-31-24-10-6-7-16-30-24)25-15-13-22(26)12-11-20-14-17-29-18-20/h14,17-18,21-22,24-26H,2-13,15-16,19H2,1H3. The third kappa shape index (κ3) is 12.3. The lowest BCUT2D eigenvalue weighted by Gasteiger charge is -2.26. The van der Waals surface area contributed by atoms with Crippen molar-refractivity contribution in [3.05, 3.63) is 24.2 Å². The molecule has 0 aromatic carbocycles. The van der Waals surface area contributed by atoms with E-state index in [-0.39, 0.29) is 24.4 Å². The second kappa shape index (κ2) is 16.3. The van der Waals surface area contributed by atoms with E-state index in [9.17, 15) is 9.90 Å². The van der Waals surface area contributed by atoms with E-state index in [0.717, 1.165) is 82.9 Å². The molecule has 7 heteroatoms. The van der Waals surface area contributed by atoms with Gasteiger partial charge in [0, 0.05) is 19.1 Å². The molecule has 0 aliphatic carbocycles. The molecule has 1 fully saturated rings. The van der Waals surface area contributed by atoms with E-state index in [1.54, 1.807) is 12.5 Å². The van der Waals surface area contributed by atoms with Gasteiger partial charge in [-0.25, -0.2) is 0 Å². The highest BCUT2D eigenvalue weighted by molar-refractivity contribution is 5.68. The summed E-state index contributed by atoms with van der Waals surface area (Å²) in [5, 5.41) is 13.8. The molecular formula is C24H41NO6. The van der Waals surface area contributed by atoms with Gasteiger partial charge in [-0.2, -0.15) is 0 Å². The highest BCUT2D eigenvalue weighted by Crippen LogP contribution is 2.15. The van der Waals surface area contributed by atoms with Crippen molar-refractivity contribution < 1.29 is 28.5 Å². The predicted molar refractivity (Wildman–Crippen MR) is 119 cm³/mol. The third-order valence-corrected chi connectivity index (χ3v) is 5.79. The molecule has 2 N–H and O–H groups in total. The van der Waals surface area contributed by atoms with E-state index in [1.165, 1.54) is 7.11 Å². The van der Waals surface area contributed by atoms with Gasteiger partial charge in [0.05, 0.1) is 32.3 Å². The molecule has 1 aliphatic rings. The first-order valence-corrected chi connectivity index (χ1v) is 11.9. The Kier molecular flexibility index (Phi) is 13.6. The average Bonchev–Trinajstić information content (AvgIpc) is 3.32. The normalized spacial score (nSPS) is 18.6. The van der Waals surface area contributed by atoms with Crippen LogP contribution in [-0.2, 0) is 25.4 Å². The number of hydrogen-bond donors (Lipinski definition) is 2. The lowest BCUT2D eigenvalue weighted by Crippen LogP contribution is -2.37. The molecule has 31 heavy (non-hydrogen) atoms. The fourth-order valence-electron chi connectivity index (χ4n) is 3.79. The Morgan fingerprint density at radius 3 is 2.84 bits per heavy atom. The van der Waals surface area contributed by atoms with Crippen LogP contribution in [0.1, 0.15) is 76.2 Å². The molecule has 2 rings (SSSR count). The maximum absolute atomic E-state index is 11.2. The molecule has 178 valence electrons. The smallest absolute Gasteiger partial charge is 0.305 e. The van der Waals surface area contributed by atoms with Crippen LogP contribution in [0, 0.1) is 0 Å². The Labute approximate surface area is 186 Å². The number of nitrogens with one attached hydrogen (secondary N) is 1. The van der Waals surface area contributed by atoms with Crippen LogP contribution in [0.4, 0.5) is 0 Å². The lowest BCUT2D eigenvalue weighted by molar-refractivity contribution is -0.166. The van der Waals surface area contributed by atoms with E-state index in [4.69, 9.17) is 13.9 Å². The van der Waals surface area contributed by atoms with Crippen LogP contribution in [0.5, 0.6) is 0 Å². The van der Waals surface area contributed by atoms with Gasteiger partial charge >= 0.3 is 5.97 Å². The van der Waals surface area contributed by atoms with Crippen molar-refractivity contribution in [3.8, 4) is 0 Å². The van der Waals surface area contributed by atoms with Gasteiger partial charge in [-0.05, 0) is 69.5 Å². The first-order valence-electron chi connectivity index (χ1n) is 11.9. The van der Waals surface area contributed by atoms with Gasteiger partial charge in [-0.15, -0.1) is 0 Å². The van der Waals surface area contributed by atoms with Crippen molar-refractivity contribution >= 4 is 5.97 Å². The molecule has 1 aromatic rings. The topological polar surface area (TPSA) is 90.2 Å². The molecule has 3 unspecified atom stereocenters. The molecule has 0 bridgehead atoms. The first kappa shape index (κ1) is 25.8. The Bertz CT molecular complexity index is 558. The van der Waals surface area contributed by atoms with Crippen molar-refractivity contribution in [2.45, 2.75) is 95.5 Å². The second-order valence-corrected chi connectivity index (χ2v) is 8.42. The van der Waals surface area contributed by atoms with Crippen LogP contribution in [0.15, 0.2) is 23.0 Å². The summed E-state index contributed by atoms with van der Waals surface area (Å²) in [4.78, 5) is 11.2. The van der Waals surface area contributed by atoms with Gasteiger partial charge in [0.1, 0.15) is 0 Å². The number of furan rings is 1. The first-order chi connectivity index (χ1) is 15.2. The van der Waals surface area contributed by atoms with Crippen molar-refractivity contribution in [2.75, 3.05) is 26.9 Å². The summed E-state index contributed by atoms with van der Waals surface area (Å²) >= 11 is 0. The second-order valence-electron chi connectivity index (χ2n) is 8.42. The maximum Gasteiger partial charge on any atom is 0.305 e. The van der Waals surface area contributed by atoms with Crippen molar-refractivity contribution in [1.82, 2.24) is 5.32 Å². The predicted octanol–water partition coefficient (Wildman–Crippen LogP) is 3.98. The minimum atomic E-state index is -0.330. The van der Waals surface area contributed by atoms with E-state index < -0.39 is 0 Å². The molecule has 3 atom stereocenters. The minimum Gasteiger partial charge on any atom is -0.472 e. The number of aryl methyl sites for hydroxylation is 1. The maximum atomic E-state index is 11.2. The van der Waals surface area contributed by atoms with E-state index in [0.29, 0.717) is 19.4 Å². The quantitative estimate of drug-likeness (QED) is 0.280. The largest absolute Gasteiger partial charge is 0.472 e. The summed E-state index contributed by atoms with van der Waals surface area (Å²) in [6.07, 6.45) is 14.1. The number of methoxy groups -OCH3 is 1. The Morgan fingerprint density at radius 1 is 1.23 bits per heavy atom. The summed E-state index contributed by atoms with van der Waals surface area (Å²) in [5.74, 6) is -0.133. The molecule has 1 aromatic heterocycles. The molecule has 2 heterocycles. The van der Waals surface area contributed by atoms with Gasteiger partial charge in [-0.3, -0.25) is 4.79 Å². The number of aliphatic hydroxyl groups excluding tert-OH is 1. The summed E-state index contributed by atoms with van der Waals surface area (Å²) in [6, 6.07) is 2.18. The fraction of sp³-hybridized carbons (Fsp3) is 0.792.